The van der Waals surface area contributed by atoms with E-state index in [4.69, 9.17) is 4.98 Å². The second-order valence-corrected chi connectivity index (χ2v) is 6.47. The zero-order chi connectivity index (χ0) is 18.8. The quantitative estimate of drug-likeness (QED) is 0.767. The van der Waals surface area contributed by atoms with E-state index in [0.29, 0.717) is 13.3 Å². The predicted octanol–water partition coefficient (Wildman–Crippen LogP) is 1.61. The van der Waals surface area contributed by atoms with Gasteiger partial charge in [-0.3, -0.25) is 10.0 Å². The molecule has 138 valence electrons. The van der Waals surface area contributed by atoms with Crippen LogP contribution in [0.2, 0.25) is 0 Å². The molecule has 0 fully saturated rings. The molecule has 0 unspecified atom stereocenters. The predicted molar refractivity (Wildman–Crippen MR) is 104 cm³/mol. The molecular weight excluding hydrogens is 330 g/mol. The van der Waals surface area contributed by atoms with Crippen molar-refractivity contribution in [3.05, 3.63) is 29.6 Å². The van der Waals surface area contributed by atoms with Gasteiger partial charge in [0.2, 0.25) is 0 Å². The summed E-state index contributed by atoms with van der Waals surface area (Å²) in [6.07, 6.45) is 0. The highest BCUT2D eigenvalue weighted by molar-refractivity contribution is 6.01. The smallest absolute Gasteiger partial charge is 0.144 e. The maximum atomic E-state index is 4.72. The third-order valence-electron chi connectivity index (χ3n) is 4.09. The van der Waals surface area contributed by atoms with Gasteiger partial charge in [0.25, 0.3) is 0 Å². The lowest BCUT2D eigenvalue weighted by molar-refractivity contribution is 0.283. The van der Waals surface area contributed by atoms with Gasteiger partial charge in [-0.05, 0) is 39.8 Å². The molecule has 0 radical (unpaired) electrons. The lowest BCUT2D eigenvalue weighted by Crippen LogP contribution is -2.25. The van der Waals surface area contributed by atoms with Crippen molar-refractivity contribution in [3.8, 4) is 0 Å². The minimum absolute atomic E-state index is 0.643. The van der Waals surface area contributed by atoms with Crippen molar-refractivity contribution in [2.24, 2.45) is 20.4 Å². The zero-order valence-corrected chi connectivity index (χ0v) is 16.2. The molecular formula is C17H25N9. The number of pyridine rings is 1. The van der Waals surface area contributed by atoms with Gasteiger partial charge in [0.15, 0.2) is 0 Å². The van der Waals surface area contributed by atoms with Crippen molar-refractivity contribution in [3.63, 3.8) is 0 Å². The number of amidine groups is 2. The van der Waals surface area contributed by atoms with Crippen LogP contribution in [0.25, 0.3) is 0 Å². The average molecular weight is 355 g/mol. The second-order valence-electron chi connectivity index (χ2n) is 6.47. The maximum absolute atomic E-state index is 4.72. The van der Waals surface area contributed by atoms with Crippen LogP contribution in [-0.4, -0.2) is 75.5 Å². The molecule has 0 bridgehead atoms. The van der Waals surface area contributed by atoms with Crippen molar-refractivity contribution in [2.75, 3.05) is 27.4 Å². The van der Waals surface area contributed by atoms with E-state index in [0.717, 1.165) is 34.5 Å². The molecule has 26 heavy (non-hydrogen) atoms. The molecule has 9 heteroatoms. The minimum atomic E-state index is 0.643. The third kappa shape index (κ3) is 3.81. The summed E-state index contributed by atoms with van der Waals surface area (Å²) < 4.78 is 0. The van der Waals surface area contributed by atoms with E-state index in [9.17, 15) is 0 Å². The Labute approximate surface area is 154 Å². The lowest BCUT2D eigenvalue weighted by atomic mass is 10.2. The first-order chi connectivity index (χ1) is 12.3. The third-order valence-corrected chi connectivity index (χ3v) is 4.09. The van der Waals surface area contributed by atoms with Gasteiger partial charge in [0, 0.05) is 14.1 Å². The van der Waals surface area contributed by atoms with Gasteiger partial charge in [0.05, 0.1) is 22.8 Å². The molecule has 1 aromatic heterocycles. The summed E-state index contributed by atoms with van der Waals surface area (Å²) in [7, 11) is 3.85. The molecule has 3 heterocycles. The first kappa shape index (κ1) is 17.8. The number of hydrogen-bond acceptors (Lipinski definition) is 9. The van der Waals surface area contributed by atoms with Gasteiger partial charge in [-0.1, -0.05) is 6.07 Å². The van der Waals surface area contributed by atoms with Crippen LogP contribution in [-0.2, 0) is 0 Å². The molecule has 1 aromatic rings. The fourth-order valence-corrected chi connectivity index (χ4v) is 2.76. The summed E-state index contributed by atoms with van der Waals surface area (Å²) in [6, 6.07) is 5.89. The van der Waals surface area contributed by atoms with Crippen LogP contribution in [0.4, 0.5) is 0 Å². The Balaban J connectivity index is 1.80. The van der Waals surface area contributed by atoms with Gasteiger partial charge in [-0.25, -0.2) is 15.0 Å². The molecule has 0 aromatic carbocycles. The van der Waals surface area contributed by atoms with Gasteiger partial charge < -0.3 is 0 Å². The van der Waals surface area contributed by atoms with E-state index < -0.39 is 0 Å². The number of aromatic nitrogens is 1. The molecule has 0 saturated carbocycles. The summed E-state index contributed by atoms with van der Waals surface area (Å²) in [4.78, 5) is 4.72. The highest BCUT2D eigenvalue weighted by Gasteiger charge is 2.18. The summed E-state index contributed by atoms with van der Waals surface area (Å²) in [5, 5.41) is 25.4. The van der Waals surface area contributed by atoms with E-state index in [1.54, 1.807) is 0 Å². The lowest BCUT2D eigenvalue weighted by Gasteiger charge is -2.15. The molecule has 9 nitrogen and oxygen atoms in total. The molecule has 0 N–H and O–H groups in total. The molecule has 3 rings (SSSR count). The van der Waals surface area contributed by atoms with Crippen LogP contribution in [0.15, 0.2) is 38.6 Å². The van der Waals surface area contributed by atoms with Crippen LogP contribution in [0, 0.1) is 0 Å². The zero-order valence-electron chi connectivity index (χ0n) is 16.2. The van der Waals surface area contributed by atoms with E-state index in [1.165, 1.54) is 0 Å². The summed E-state index contributed by atoms with van der Waals surface area (Å²) in [5.41, 5.74) is 3.32. The molecule has 0 spiro atoms. The first-order valence-electron chi connectivity index (χ1n) is 8.49. The molecule has 2 aliphatic rings. The molecule has 0 atom stereocenters. The van der Waals surface area contributed by atoms with Crippen molar-refractivity contribution in [1.82, 2.24) is 25.0 Å². The largest absolute Gasteiger partial charge is 0.277 e. The number of hydrogen-bond donors (Lipinski definition) is 0. The minimum Gasteiger partial charge on any atom is -0.277 e. The highest BCUT2D eigenvalue weighted by Crippen LogP contribution is 2.11. The SMILES string of the molecule is CC(=NN1CN(C)N=C1C)c1cccc(C(C)=NN2CN(C)N=C2C)n1. The molecule has 2 aliphatic heterocycles. The van der Waals surface area contributed by atoms with Crippen molar-refractivity contribution < 1.29 is 0 Å². The number of hydrazone groups is 4. The van der Waals surface area contributed by atoms with Crippen LogP contribution in [0.5, 0.6) is 0 Å². The second kappa shape index (κ2) is 7.11. The van der Waals surface area contributed by atoms with Crippen molar-refractivity contribution in [2.45, 2.75) is 27.7 Å². The monoisotopic (exact) mass is 355 g/mol. The Morgan fingerprint density at radius 3 is 1.62 bits per heavy atom. The summed E-state index contributed by atoms with van der Waals surface area (Å²) in [5.74, 6) is 1.74. The van der Waals surface area contributed by atoms with Crippen molar-refractivity contribution in [1.29, 1.82) is 0 Å². The van der Waals surface area contributed by atoms with Gasteiger partial charge in [-0.15, -0.1) is 0 Å². The standard InChI is InChI=1S/C17H25N9/c1-12(19-25-10-23(5)21-14(25)3)16-8-7-9-17(18-16)13(2)20-26-11-24(6)22-15(26)4/h7-9H,10-11H2,1-6H3. The fourth-order valence-electron chi connectivity index (χ4n) is 2.76. The summed E-state index contributed by atoms with van der Waals surface area (Å²) in [6.45, 7) is 9.08. The van der Waals surface area contributed by atoms with E-state index in [-0.39, 0.29) is 0 Å². The Morgan fingerprint density at radius 1 is 0.846 bits per heavy atom. The first-order valence-corrected chi connectivity index (χ1v) is 8.49. The van der Waals surface area contributed by atoms with E-state index >= 15 is 0 Å². The molecule has 0 amide bonds. The maximum Gasteiger partial charge on any atom is 0.144 e. The normalized spacial score (nSPS) is 18.7. The van der Waals surface area contributed by atoms with Crippen LogP contribution < -0.4 is 0 Å². The summed E-state index contributed by atoms with van der Waals surface area (Å²) >= 11 is 0. The average Bonchev–Trinajstić information content (AvgIpc) is 3.07. The van der Waals surface area contributed by atoms with Crippen molar-refractivity contribution >= 4 is 23.1 Å². The van der Waals surface area contributed by atoms with Crippen LogP contribution in [0.1, 0.15) is 39.1 Å². The number of nitrogens with zero attached hydrogens (tertiary/aromatic N) is 9. The van der Waals surface area contributed by atoms with Gasteiger partial charge >= 0.3 is 0 Å². The Hall–Kier alpha value is -2.97. The highest BCUT2D eigenvalue weighted by atomic mass is 15.7. The van der Waals surface area contributed by atoms with Gasteiger partial charge in [-0.2, -0.15) is 20.4 Å². The van der Waals surface area contributed by atoms with E-state index in [2.05, 4.69) is 20.4 Å². The number of rotatable bonds is 4. The Morgan fingerprint density at radius 2 is 1.27 bits per heavy atom. The van der Waals surface area contributed by atoms with E-state index in [1.807, 2.05) is 80.0 Å². The topological polar surface area (TPSA) is 75.3 Å². The fraction of sp³-hybridized carbons (Fsp3) is 0.471. The van der Waals surface area contributed by atoms with Gasteiger partial charge in [0.1, 0.15) is 25.0 Å². The Bertz CT molecular complexity index is 745. The molecule has 0 aliphatic carbocycles. The Kier molecular flexibility index (Phi) is 4.88. The molecule has 0 saturated heterocycles. The van der Waals surface area contributed by atoms with Crippen LogP contribution in [0.3, 0.4) is 0 Å². The van der Waals surface area contributed by atoms with Crippen LogP contribution >= 0.6 is 0 Å².